The van der Waals surface area contributed by atoms with E-state index >= 15 is 0 Å². The maximum absolute atomic E-state index is 11.8. The van der Waals surface area contributed by atoms with Crippen LogP contribution in [-0.4, -0.2) is 0 Å². The number of halogens is 3. The second-order valence-electron chi connectivity index (χ2n) is 1.94. The molecular formula is C8H11F3S. The third-order valence-electron chi connectivity index (χ3n) is 1.06. The first kappa shape index (κ1) is 11.5. The Hall–Kier alpha value is -0.510. The van der Waals surface area contributed by atoms with Crippen LogP contribution in [0.2, 0.25) is 0 Å². The van der Waals surface area contributed by atoms with Crippen molar-refractivity contribution in [3.05, 3.63) is 21.9 Å². The molecule has 0 aliphatic rings. The highest BCUT2D eigenvalue weighted by Gasteiger charge is 2.30. The van der Waals surface area contributed by atoms with Gasteiger partial charge in [-0.3, -0.25) is 0 Å². The second-order valence-corrected chi connectivity index (χ2v) is 3.06. The van der Waals surface area contributed by atoms with Crippen molar-refractivity contribution in [1.82, 2.24) is 0 Å². The molecule has 0 nitrogen and oxygen atoms in total. The lowest BCUT2D eigenvalue weighted by Gasteiger charge is -2.00. The molecule has 0 saturated carbocycles. The summed E-state index contributed by atoms with van der Waals surface area (Å²) >= 11 is 1.11. The van der Waals surface area contributed by atoms with Crippen LogP contribution in [0.15, 0.2) is 11.4 Å². The molecule has 0 aromatic carbocycles. The Kier molecular flexibility index (Phi) is 4.31. The lowest BCUT2D eigenvalue weighted by molar-refractivity contribution is -0.137. The molecule has 70 valence electrons. The summed E-state index contributed by atoms with van der Waals surface area (Å²) in [6, 6.07) is 1.14. The van der Waals surface area contributed by atoms with E-state index < -0.39 is 11.7 Å². The van der Waals surface area contributed by atoms with Crippen molar-refractivity contribution >= 4 is 11.3 Å². The standard InChI is InChI=1S/C6H5F3S.C2H6/c1-4-2-5(3-10-4)6(7,8)9;1-2/h2-3H,1H3;1-2H3. The third kappa shape index (κ3) is 3.26. The van der Waals surface area contributed by atoms with E-state index in [0.29, 0.717) is 4.88 Å². The van der Waals surface area contributed by atoms with E-state index in [0.717, 1.165) is 22.8 Å². The quantitative estimate of drug-likeness (QED) is 0.586. The minimum absolute atomic E-state index is 0.546. The van der Waals surface area contributed by atoms with Gasteiger partial charge in [-0.05, 0) is 13.0 Å². The fourth-order valence-electron chi connectivity index (χ4n) is 0.592. The lowest BCUT2D eigenvalue weighted by atomic mass is 10.3. The van der Waals surface area contributed by atoms with E-state index in [-0.39, 0.29) is 0 Å². The Morgan fingerprint density at radius 2 is 1.75 bits per heavy atom. The highest BCUT2D eigenvalue weighted by atomic mass is 32.1. The summed E-state index contributed by atoms with van der Waals surface area (Å²) in [5, 5.41) is 1.12. The molecule has 0 aliphatic carbocycles. The van der Waals surface area contributed by atoms with Gasteiger partial charge in [-0.2, -0.15) is 13.2 Å². The van der Waals surface area contributed by atoms with E-state index in [4.69, 9.17) is 0 Å². The lowest BCUT2D eigenvalue weighted by Crippen LogP contribution is -2.01. The van der Waals surface area contributed by atoms with Gasteiger partial charge in [0, 0.05) is 10.3 Å². The number of hydrogen-bond donors (Lipinski definition) is 0. The number of hydrogen-bond acceptors (Lipinski definition) is 1. The van der Waals surface area contributed by atoms with Gasteiger partial charge < -0.3 is 0 Å². The Bertz CT molecular complexity index is 224. The molecule has 0 N–H and O–H groups in total. The molecule has 1 aromatic heterocycles. The zero-order valence-electron chi connectivity index (χ0n) is 7.20. The molecule has 0 spiro atoms. The van der Waals surface area contributed by atoms with Crippen molar-refractivity contribution in [2.75, 3.05) is 0 Å². The maximum Gasteiger partial charge on any atom is 0.417 e. The highest BCUT2D eigenvalue weighted by molar-refractivity contribution is 7.10. The Balaban J connectivity index is 0.000000561. The fraction of sp³-hybridized carbons (Fsp3) is 0.500. The van der Waals surface area contributed by atoms with E-state index in [9.17, 15) is 13.2 Å². The molecule has 0 amide bonds. The van der Waals surface area contributed by atoms with Gasteiger partial charge >= 0.3 is 6.18 Å². The third-order valence-corrected chi connectivity index (χ3v) is 1.92. The van der Waals surface area contributed by atoms with E-state index in [1.54, 1.807) is 6.92 Å². The molecule has 1 aromatic rings. The predicted octanol–water partition coefficient (Wildman–Crippen LogP) is 4.10. The molecule has 0 saturated heterocycles. The van der Waals surface area contributed by atoms with Crippen LogP contribution in [0, 0.1) is 6.92 Å². The van der Waals surface area contributed by atoms with E-state index in [1.165, 1.54) is 0 Å². The van der Waals surface area contributed by atoms with Crippen molar-refractivity contribution in [3.8, 4) is 0 Å². The van der Waals surface area contributed by atoms with Crippen molar-refractivity contribution in [1.29, 1.82) is 0 Å². The SMILES string of the molecule is CC.Cc1cc(C(F)(F)F)cs1. The van der Waals surface area contributed by atoms with Gasteiger partial charge in [0.05, 0.1) is 5.56 Å². The van der Waals surface area contributed by atoms with E-state index in [1.807, 2.05) is 13.8 Å². The zero-order chi connectivity index (χ0) is 9.78. The number of rotatable bonds is 0. The summed E-state index contributed by atoms with van der Waals surface area (Å²) in [4.78, 5) is 0.687. The average Bonchev–Trinajstić information content (AvgIpc) is 2.39. The summed E-state index contributed by atoms with van der Waals surface area (Å²) in [5.41, 5.74) is -0.546. The van der Waals surface area contributed by atoms with Gasteiger partial charge in [-0.1, -0.05) is 13.8 Å². The van der Waals surface area contributed by atoms with Crippen molar-refractivity contribution in [2.45, 2.75) is 26.9 Å². The van der Waals surface area contributed by atoms with Crippen molar-refractivity contribution in [3.63, 3.8) is 0 Å². The molecule has 0 unspecified atom stereocenters. The molecule has 0 atom stereocenters. The van der Waals surface area contributed by atoms with Crippen LogP contribution in [0.1, 0.15) is 24.3 Å². The molecule has 1 rings (SSSR count). The van der Waals surface area contributed by atoms with E-state index in [2.05, 4.69) is 0 Å². The first-order valence-corrected chi connectivity index (χ1v) is 4.50. The predicted molar refractivity (Wildman–Crippen MR) is 45.4 cm³/mol. The van der Waals surface area contributed by atoms with Gasteiger partial charge in [-0.15, -0.1) is 11.3 Å². The summed E-state index contributed by atoms with van der Waals surface area (Å²) in [5.74, 6) is 0. The second kappa shape index (κ2) is 4.50. The van der Waals surface area contributed by atoms with Gasteiger partial charge in [0.2, 0.25) is 0 Å². The Morgan fingerprint density at radius 1 is 1.25 bits per heavy atom. The topological polar surface area (TPSA) is 0 Å². The molecule has 0 aliphatic heterocycles. The summed E-state index contributed by atoms with van der Waals surface area (Å²) < 4.78 is 35.4. The number of aryl methyl sites for hydroxylation is 1. The summed E-state index contributed by atoms with van der Waals surface area (Å²) in [7, 11) is 0. The van der Waals surface area contributed by atoms with Crippen LogP contribution < -0.4 is 0 Å². The molecule has 0 bridgehead atoms. The first-order valence-electron chi connectivity index (χ1n) is 3.62. The molecule has 0 radical (unpaired) electrons. The zero-order valence-corrected chi connectivity index (χ0v) is 8.01. The Morgan fingerprint density at radius 3 is 1.92 bits per heavy atom. The van der Waals surface area contributed by atoms with Gasteiger partial charge in [0.25, 0.3) is 0 Å². The first-order chi connectivity index (χ1) is 5.50. The number of thiophene rings is 1. The van der Waals surface area contributed by atoms with Crippen LogP contribution >= 0.6 is 11.3 Å². The molecular weight excluding hydrogens is 185 g/mol. The molecule has 0 fully saturated rings. The fourth-order valence-corrected chi connectivity index (χ4v) is 1.30. The molecule has 1 heterocycles. The normalized spacial score (nSPS) is 10.5. The van der Waals surface area contributed by atoms with Crippen LogP contribution in [0.3, 0.4) is 0 Å². The van der Waals surface area contributed by atoms with Gasteiger partial charge in [-0.25, -0.2) is 0 Å². The summed E-state index contributed by atoms with van der Waals surface area (Å²) in [6.45, 7) is 5.65. The highest BCUT2D eigenvalue weighted by Crippen LogP contribution is 2.32. The minimum Gasteiger partial charge on any atom is -0.166 e. The van der Waals surface area contributed by atoms with Crippen LogP contribution in [0.25, 0.3) is 0 Å². The van der Waals surface area contributed by atoms with Crippen LogP contribution in [0.4, 0.5) is 13.2 Å². The smallest absolute Gasteiger partial charge is 0.166 e. The largest absolute Gasteiger partial charge is 0.417 e. The monoisotopic (exact) mass is 196 g/mol. The van der Waals surface area contributed by atoms with Crippen LogP contribution in [0.5, 0.6) is 0 Å². The summed E-state index contributed by atoms with van der Waals surface area (Å²) in [6.07, 6.45) is -4.18. The average molecular weight is 196 g/mol. The van der Waals surface area contributed by atoms with Crippen LogP contribution in [-0.2, 0) is 6.18 Å². The number of alkyl halides is 3. The minimum atomic E-state index is -4.18. The Labute approximate surface area is 74.0 Å². The van der Waals surface area contributed by atoms with Gasteiger partial charge in [0.1, 0.15) is 0 Å². The molecule has 4 heteroatoms. The van der Waals surface area contributed by atoms with Crippen molar-refractivity contribution in [2.24, 2.45) is 0 Å². The maximum atomic E-state index is 11.8. The molecule has 12 heavy (non-hydrogen) atoms. The van der Waals surface area contributed by atoms with Crippen molar-refractivity contribution < 1.29 is 13.2 Å². The van der Waals surface area contributed by atoms with Gasteiger partial charge in [0.15, 0.2) is 0 Å².